The molecule has 0 fully saturated rings. The summed E-state index contributed by atoms with van der Waals surface area (Å²) in [5.41, 5.74) is -0.292. The smallest absolute Gasteiger partial charge is 0.311 e. The molecule has 0 aliphatic heterocycles. The first-order valence-corrected chi connectivity index (χ1v) is 5.67. The number of rotatable bonds is 6. The number of aliphatic carboxylic acids is 1. The van der Waals surface area contributed by atoms with Gasteiger partial charge in [-0.1, -0.05) is 6.07 Å². The number of carboxylic acid groups (broad SMARTS) is 1. The Balaban J connectivity index is 3.06. The minimum absolute atomic E-state index is 0.0000128. The number of benzene rings is 1. The van der Waals surface area contributed by atoms with Gasteiger partial charge in [0.15, 0.2) is 0 Å². The van der Waals surface area contributed by atoms with Crippen molar-refractivity contribution in [2.75, 3.05) is 20.7 Å². The zero-order chi connectivity index (χ0) is 15.3. The maximum Gasteiger partial charge on any atom is 0.311 e. The van der Waals surface area contributed by atoms with Gasteiger partial charge in [-0.2, -0.15) is 0 Å². The fourth-order valence-electron chi connectivity index (χ4n) is 1.62. The number of ether oxygens (including phenoxy) is 1. The van der Waals surface area contributed by atoms with Crippen LogP contribution in [0.15, 0.2) is 18.2 Å². The standard InChI is InChI=1S/C12H14N2O6/c1-13(7-6-10(15)16)12(17)8-4-3-5-9(14(18)19)11(8)20-2/h3-5H,6-7H2,1-2H3,(H,15,16). The molecule has 0 aromatic heterocycles. The topological polar surface area (TPSA) is 110 Å². The van der Waals surface area contributed by atoms with E-state index in [2.05, 4.69) is 0 Å². The van der Waals surface area contributed by atoms with Gasteiger partial charge in [0.25, 0.3) is 5.91 Å². The molecule has 1 rings (SSSR count). The Hall–Kier alpha value is -2.64. The predicted octanol–water partition coefficient (Wildman–Crippen LogP) is 1.15. The minimum atomic E-state index is -1.03. The van der Waals surface area contributed by atoms with Crippen LogP contribution < -0.4 is 4.74 Å². The molecule has 0 bridgehead atoms. The molecule has 1 amide bonds. The van der Waals surface area contributed by atoms with Gasteiger partial charge < -0.3 is 14.7 Å². The Kier molecular flexibility index (Phi) is 5.01. The summed E-state index contributed by atoms with van der Waals surface area (Å²) in [4.78, 5) is 34.0. The van der Waals surface area contributed by atoms with E-state index in [0.717, 1.165) is 0 Å². The number of nitro benzene ring substituents is 1. The Morgan fingerprint density at radius 2 is 2.10 bits per heavy atom. The molecule has 0 atom stereocenters. The molecule has 0 spiro atoms. The first-order chi connectivity index (χ1) is 9.38. The van der Waals surface area contributed by atoms with Gasteiger partial charge in [-0.15, -0.1) is 0 Å². The fourth-order valence-corrected chi connectivity index (χ4v) is 1.62. The van der Waals surface area contributed by atoms with Gasteiger partial charge in [0.05, 0.1) is 24.0 Å². The van der Waals surface area contributed by atoms with Gasteiger partial charge in [0, 0.05) is 19.7 Å². The van der Waals surface area contributed by atoms with Gasteiger partial charge in [-0.25, -0.2) is 0 Å². The average molecular weight is 282 g/mol. The van der Waals surface area contributed by atoms with Crippen LogP contribution >= 0.6 is 0 Å². The van der Waals surface area contributed by atoms with Crippen LogP contribution in [0.25, 0.3) is 0 Å². The van der Waals surface area contributed by atoms with E-state index in [9.17, 15) is 19.7 Å². The molecule has 0 saturated carbocycles. The highest BCUT2D eigenvalue weighted by molar-refractivity contribution is 5.98. The summed E-state index contributed by atoms with van der Waals surface area (Å²) in [6.45, 7) is 0.0000128. The maximum absolute atomic E-state index is 12.1. The molecule has 8 heteroatoms. The van der Waals surface area contributed by atoms with Crippen LogP contribution in [-0.2, 0) is 4.79 Å². The Labute approximate surface area is 114 Å². The highest BCUT2D eigenvalue weighted by atomic mass is 16.6. The summed E-state index contributed by atoms with van der Waals surface area (Å²) in [5.74, 6) is -1.70. The number of carbonyl (C=O) groups excluding carboxylic acids is 1. The monoisotopic (exact) mass is 282 g/mol. The zero-order valence-electron chi connectivity index (χ0n) is 11.0. The number of carboxylic acids is 1. The molecule has 1 aromatic rings. The van der Waals surface area contributed by atoms with Crippen LogP contribution in [0.1, 0.15) is 16.8 Å². The highest BCUT2D eigenvalue weighted by Crippen LogP contribution is 2.31. The lowest BCUT2D eigenvalue weighted by Crippen LogP contribution is -2.29. The van der Waals surface area contributed by atoms with Crippen molar-refractivity contribution >= 4 is 17.6 Å². The van der Waals surface area contributed by atoms with Crippen molar-refractivity contribution in [2.45, 2.75) is 6.42 Å². The normalized spacial score (nSPS) is 9.90. The first-order valence-electron chi connectivity index (χ1n) is 5.67. The molecule has 0 unspecified atom stereocenters. The van der Waals surface area contributed by atoms with Crippen molar-refractivity contribution in [1.82, 2.24) is 4.90 Å². The van der Waals surface area contributed by atoms with Crippen molar-refractivity contribution in [2.24, 2.45) is 0 Å². The summed E-state index contributed by atoms with van der Waals surface area (Å²) in [6, 6.07) is 4.00. The van der Waals surface area contributed by atoms with Crippen molar-refractivity contribution < 1.29 is 24.4 Å². The van der Waals surface area contributed by atoms with E-state index in [-0.39, 0.29) is 30.0 Å². The molecule has 20 heavy (non-hydrogen) atoms. The highest BCUT2D eigenvalue weighted by Gasteiger charge is 2.24. The quantitative estimate of drug-likeness (QED) is 0.619. The Morgan fingerprint density at radius 1 is 1.45 bits per heavy atom. The number of nitrogens with zero attached hydrogens (tertiary/aromatic N) is 2. The second kappa shape index (κ2) is 6.50. The number of carbonyl (C=O) groups is 2. The summed E-state index contributed by atoms with van der Waals surface area (Å²) in [5, 5.41) is 19.4. The minimum Gasteiger partial charge on any atom is -0.490 e. The van der Waals surface area contributed by atoms with E-state index in [4.69, 9.17) is 9.84 Å². The summed E-state index contributed by atoms with van der Waals surface area (Å²) >= 11 is 0. The molecule has 0 radical (unpaired) electrons. The van der Waals surface area contributed by atoms with E-state index in [1.807, 2.05) is 0 Å². The van der Waals surface area contributed by atoms with Crippen molar-refractivity contribution in [3.05, 3.63) is 33.9 Å². The molecule has 0 saturated heterocycles. The van der Waals surface area contributed by atoms with Gasteiger partial charge >= 0.3 is 11.7 Å². The summed E-state index contributed by atoms with van der Waals surface area (Å²) in [7, 11) is 2.65. The van der Waals surface area contributed by atoms with Gasteiger partial charge in [0.2, 0.25) is 5.75 Å². The Bertz CT molecular complexity index is 543. The Morgan fingerprint density at radius 3 is 2.60 bits per heavy atom. The van der Waals surface area contributed by atoms with Crippen LogP contribution in [0.4, 0.5) is 5.69 Å². The third kappa shape index (κ3) is 3.44. The lowest BCUT2D eigenvalue weighted by atomic mass is 10.1. The maximum atomic E-state index is 12.1. The first kappa shape index (κ1) is 15.4. The molecule has 108 valence electrons. The van der Waals surface area contributed by atoms with Gasteiger partial charge in [-0.3, -0.25) is 19.7 Å². The lowest BCUT2D eigenvalue weighted by molar-refractivity contribution is -0.385. The van der Waals surface area contributed by atoms with E-state index in [1.54, 1.807) is 0 Å². The van der Waals surface area contributed by atoms with Crippen molar-refractivity contribution in [1.29, 1.82) is 0 Å². The molecule has 0 heterocycles. The number of amides is 1. The number of hydrogen-bond donors (Lipinski definition) is 1. The second-order valence-electron chi connectivity index (χ2n) is 3.99. The molecule has 0 aliphatic rings. The number of nitro groups is 1. The lowest BCUT2D eigenvalue weighted by Gasteiger charge is -2.17. The molecule has 8 nitrogen and oxygen atoms in total. The largest absolute Gasteiger partial charge is 0.490 e. The van der Waals surface area contributed by atoms with E-state index in [1.165, 1.54) is 37.3 Å². The number of methoxy groups -OCH3 is 1. The SMILES string of the molecule is COc1c(C(=O)N(C)CCC(=O)O)cccc1[N+](=O)[O-]. The molecular formula is C12H14N2O6. The molecule has 1 N–H and O–H groups in total. The molecular weight excluding hydrogens is 268 g/mol. The van der Waals surface area contributed by atoms with Crippen LogP contribution in [0.2, 0.25) is 0 Å². The molecule has 1 aromatic carbocycles. The fraction of sp³-hybridized carbons (Fsp3) is 0.333. The zero-order valence-corrected chi connectivity index (χ0v) is 11.0. The number of hydrogen-bond acceptors (Lipinski definition) is 5. The van der Waals surface area contributed by atoms with Crippen molar-refractivity contribution in [3.8, 4) is 5.75 Å². The van der Waals surface area contributed by atoms with Crippen LogP contribution in [0.3, 0.4) is 0 Å². The summed E-state index contributed by atoms with van der Waals surface area (Å²) in [6.07, 6.45) is -0.209. The van der Waals surface area contributed by atoms with E-state index >= 15 is 0 Å². The summed E-state index contributed by atoms with van der Waals surface area (Å²) < 4.78 is 4.93. The van der Waals surface area contributed by atoms with Gasteiger partial charge in [-0.05, 0) is 6.07 Å². The van der Waals surface area contributed by atoms with Crippen LogP contribution in [0.5, 0.6) is 5.75 Å². The number of para-hydroxylation sites is 1. The molecule has 0 aliphatic carbocycles. The van der Waals surface area contributed by atoms with Crippen LogP contribution in [-0.4, -0.2) is 47.5 Å². The predicted molar refractivity (Wildman–Crippen MR) is 68.9 cm³/mol. The van der Waals surface area contributed by atoms with Gasteiger partial charge in [0.1, 0.15) is 0 Å². The van der Waals surface area contributed by atoms with E-state index < -0.39 is 16.8 Å². The third-order valence-corrected chi connectivity index (χ3v) is 2.63. The van der Waals surface area contributed by atoms with Crippen LogP contribution in [0, 0.1) is 10.1 Å². The second-order valence-corrected chi connectivity index (χ2v) is 3.99. The average Bonchev–Trinajstić information content (AvgIpc) is 2.42. The van der Waals surface area contributed by atoms with Crippen molar-refractivity contribution in [3.63, 3.8) is 0 Å². The van der Waals surface area contributed by atoms with E-state index in [0.29, 0.717) is 0 Å². The third-order valence-electron chi connectivity index (χ3n) is 2.63.